The molecule has 0 saturated carbocycles. The highest BCUT2D eigenvalue weighted by Gasteiger charge is 2.07. The van der Waals surface area contributed by atoms with E-state index in [0.29, 0.717) is 6.54 Å². The van der Waals surface area contributed by atoms with E-state index in [2.05, 4.69) is 10.3 Å². The normalized spacial score (nSPS) is 10.2. The molecule has 110 valence electrons. The molecule has 0 aliphatic carbocycles. The molecule has 1 heterocycles. The number of nitrogens with zero attached hydrogens (tertiary/aromatic N) is 1. The van der Waals surface area contributed by atoms with Gasteiger partial charge in [-0.15, -0.1) is 0 Å². The number of aryl methyl sites for hydroxylation is 3. The van der Waals surface area contributed by atoms with Gasteiger partial charge in [0.1, 0.15) is 5.75 Å². The minimum absolute atomic E-state index is 0.0114. The van der Waals surface area contributed by atoms with Gasteiger partial charge < -0.3 is 10.1 Å². The first-order chi connectivity index (χ1) is 10.1. The van der Waals surface area contributed by atoms with Crippen LogP contribution in [0.15, 0.2) is 36.4 Å². The van der Waals surface area contributed by atoms with Crippen molar-refractivity contribution in [1.29, 1.82) is 0 Å². The van der Waals surface area contributed by atoms with Crippen molar-refractivity contribution in [2.24, 2.45) is 0 Å². The molecular formula is C17H20N2O2. The summed E-state index contributed by atoms with van der Waals surface area (Å²) >= 11 is 0. The molecule has 21 heavy (non-hydrogen) atoms. The summed E-state index contributed by atoms with van der Waals surface area (Å²) in [7, 11) is 0. The van der Waals surface area contributed by atoms with Crippen LogP contribution in [0.3, 0.4) is 0 Å². The highest BCUT2D eigenvalue weighted by atomic mass is 16.5. The molecule has 0 aliphatic heterocycles. The fraction of sp³-hybridized carbons (Fsp3) is 0.294. The minimum Gasteiger partial charge on any atom is -0.483 e. The monoisotopic (exact) mass is 284 g/mol. The van der Waals surface area contributed by atoms with Crippen molar-refractivity contribution >= 4 is 5.91 Å². The fourth-order valence-corrected chi connectivity index (χ4v) is 2.10. The number of benzene rings is 1. The summed E-state index contributed by atoms with van der Waals surface area (Å²) in [5.41, 5.74) is 3.84. The van der Waals surface area contributed by atoms with Gasteiger partial charge in [0.15, 0.2) is 6.61 Å². The maximum atomic E-state index is 11.8. The fourth-order valence-electron chi connectivity index (χ4n) is 2.10. The van der Waals surface area contributed by atoms with Crippen molar-refractivity contribution in [1.82, 2.24) is 10.3 Å². The summed E-state index contributed by atoms with van der Waals surface area (Å²) in [5.74, 6) is 0.627. The van der Waals surface area contributed by atoms with Crippen LogP contribution in [0.25, 0.3) is 0 Å². The summed E-state index contributed by atoms with van der Waals surface area (Å²) in [5, 5.41) is 2.81. The van der Waals surface area contributed by atoms with Crippen LogP contribution in [0.2, 0.25) is 0 Å². The van der Waals surface area contributed by atoms with Gasteiger partial charge in [0.25, 0.3) is 5.91 Å². The van der Waals surface area contributed by atoms with E-state index >= 15 is 0 Å². The zero-order valence-electron chi connectivity index (χ0n) is 12.6. The topological polar surface area (TPSA) is 51.2 Å². The van der Waals surface area contributed by atoms with E-state index in [1.165, 1.54) is 0 Å². The zero-order chi connectivity index (χ0) is 15.2. The average Bonchev–Trinajstić information content (AvgIpc) is 2.45. The van der Waals surface area contributed by atoms with Crippen LogP contribution >= 0.6 is 0 Å². The first-order valence-electron chi connectivity index (χ1n) is 6.94. The lowest BCUT2D eigenvalue weighted by Gasteiger charge is -2.12. The van der Waals surface area contributed by atoms with E-state index in [-0.39, 0.29) is 12.5 Å². The van der Waals surface area contributed by atoms with E-state index in [1.807, 2.05) is 57.2 Å². The van der Waals surface area contributed by atoms with Gasteiger partial charge in [-0.3, -0.25) is 9.78 Å². The third-order valence-corrected chi connectivity index (χ3v) is 3.17. The van der Waals surface area contributed by atoms with E-state index in [4.69, 9.17) is 4.74 Å². The summed E-state index contributed by atoms with van der Waals surface area (Å²) in [6, 6.07) is 11.7. The Balaban J connectivity index is 1.85. The molecule has 2 aromatic rings. The first kappa shape index (κ1) is 15.0. The predicted octanol–water partition coefficient (Wildman–Crippen LogP) is 2.70. The Kier molecular flexibility index (Phi) is 4.93. The number of hydrogen-bond acceptors (Lipinski definition) is 3. The highest BCUT2D eigenvalue weighted by molar-refractivity contribution is 5.77. The second kappa shape index (κ2) is 6.88. The van der Waals surface area contributed by atoms with E-state index in [0.717, 1.165) is 28.3 Å². The molecule has 0 bridgehead atoms. The lowest BCUT2D eigenvalue weighted by atomic mass is 10.1. The van der Waals surface area contributed by atoms with Gasteiger partial charge in [-0.1, -0.05) is 24.3 Å². The third kappa shape index (κ3) is 4.31. The summed E-state index contributed by atoms with van der Waals surface area (Å²) in [6.45, 7) is 6.29. The molecule has 1 amide bonds. The largest absolute Gasteiger partial charge is 0.483 e. The number of hydrogen-bond donors (Lipinski definition) is 1. The number of para-hydroxylation sites is 1. The van der Waals surface area contributed by atoms with Crippen molar-refractivity contribution in [2.75, 3.05) is 6.61 Å². The SMILES string of the molecule is Cc1cccc(CNC(=O)COc2c(C)cccc2C)n1. The van der Waals surface area contributed by atoms with Gasteiger partial charge in [-0.25, -0.2) is 0 Å². The zero-order valence-corrected chi connectivity index (χ0v) is 12.6. The van der Waals surface area contributed by atoms with Crippen molar-refractivity contribution in [3.05, 3.63) is 58.9 Å². The van der Waals surface area contributed by atoms with Crippen LogP contribution in [-0.4, -0.2) is 17.5 Å². The second-order valence-electron chi connectivity index (χ2n) is 5.06. The van der Waals surface area contributed by atoms with Crippen molar-refractivity contribution in [3.8, 4) is 5.75 Å². The van der Waals surface area contributed by atoms with Crippen molar-refractivity contribution in [3.63, 3.8) is 0 Å². The lowest BCUT2D eigenvalue weighted by molar-refractivity contribution is -0.123. The smallest absolute Gasteiger partial charge is 0.258 e. The van der Waals surface area contributed by atoms with Gasteiger partial charge in [-0.2, -0.15) is 0 Å². The lowest BCUT2D eigenvalue weighted by Crippen LogP contribution is -2.29. The molecule has 0 spiro atoms. The van der Waals surface area contributed by atoms with Crippen LogP contribution in [0.4, 0.5) is 0 Å². The number of amides is 1. The number of aromatic nitrogens is 1. The second-order valence-corrected chi connectivity index (χ2v) is 5.06. The molecule has 0 atom stereocenters. The third-order valence-electron chi connectivity index (χ3n) is 3.17. The Bertz CT molecular complexity index is 618. The van der Waals surface area contributed by atoms with Crippen molar-refractivity contribution in [2.45, 2.75) is 27.3 Å². The number of carbonyl (C=O) groups excluding carboxylic acids is 1. The molecule has 4 nitrogen and oxygen atoms in total. The maximum absolute atomic E-state index is 11.8. The first-order valence-corrected chi connectivity index (χ1v) is 6.94. The Morgan fingerprint density at radius 2 is 1.76 bits per heavy atom. The highest BCUT2D eigenvalue weighted by Crippen LogP contribution is 2.21. The van der Waals surface area contributed by atoms with Gasteiger partial charge >= 0.3 is 0 Å². The van der Waals surface area contributed by atoms with E-state index in [1.54, 1.807) is 0 Å². The Hall–Kier alpha value is -2.36. The molecule has 0 radical (unpaired) electrons. The van der Waals surface area contributed by atoms with Crippen LogP contribution in [-0.2, 0) is 11.3 Å². The molecule has 4 heteroatoms. The molecule has 0 saturated heterocycles. The molecule has 1 aromatic carbocycles. The number of nitrogens with one attached hydrogen (secondary N) is 1. The standard InChI is InChI=1S/C17H20N2O2/c1-12-6-4-7-13(2)17(12)21-11-16(20)18-10-15-9-5-8-14(3)19-15/h4-9H,10-11H2,1-3H3,(H,18,20). The van der Waals surface area contributed by atoms with Gasteiger partial charge in [0.2, 0.25) is 0 Å². The Morgan fingerprint density at radius 1 is 1.10 bits per heavy atom. The molecule has 0 unspecified atom stereocenters. The van der Waals surface area contributed by atoms with Crippen LogP contribution in [0, 0.1) is 20.8 Å². The summed E-state index contributed by atoms with van der Waals surface area (Å²) in [4.78, 5) is 16.2. The number of ether oxygens (including phenoxy) is 1. The molecule has 1 aromatic heterocycles. The molecule has 2 rings (SSSR count). The van der Waals surface area contributed by atoms with E-state index in [9.17, 15) is 4.79 Å². The van der Waals surface area contributed by atoms with Gasteiger partial charge in [0.05, 0.1) is 12.2 Å². The van der Waals surface area contributed by atoms with Crippen LogP contribution in [0.1, 0.15) is 22.5 Å². The van der Waals surface area contributed by atoms with Crippen LogP contribution in [0.5, 0.6) is 5.75 Å². The quantitative estimate of drug-likeness (QED) is 0.918. The summed E-state index contributed by atoms with van der Waals surface area (Å²) < 4.78 is 5.61. The van der Waals surface area contributed by atoms with E-state index < -0.39 is 0 Å². The molecule has 0 fully saturated rings. The number of rotatable bonds is 5. The van der Waals surface area contributed by atoms with Gasteiger partial charge in [0, 0.05) is 5.69 Å². The van der Waals surface area contributed by atoms with Crippen molar-refractivity contribution < 1.29 is 9.53 Å². The minimum atomic E-state index is -0.152. The molecule has 0 aliphatic rings. The Morgan fingerprint density at radius 3 is 2.43 bits per heavy atom. The molecule has 1 N–H and O–H groups in total. The van der Waals surface area contributed by atoms with Crippen LogP contribution < -0.4 is 10.1 Å². The summed E-state index contributed by atoms with van der Waals surface area (Å²) in [6.07, 6.45) is 0. The Labute approximate surface area is 125 Å². The average molecular weight is 284 g/mol. The van der Waals surface area contributed by atoms with Gasteiger partial charge in [-0.05, 0) is 44.0 Å². The predicted molar refractivity (Wildman–Crippen MR) is 82.2 cm³/mol. The number of pyridine rings is 1. The number of carbonyl (C=O) groups is 1. The maximum Gasteiger partial charge on any atom is 0.258 e. The molecular weight excluding hydrogens is 264 g/mol.